The first-order valence-corrected chi connectivity index (χ1v) is 6.01. The fourth-order valence-electron chi connectivity index (χ4n) is 1.70. The molecule has 0 aliphatic heterocycles. The Morgan fingerprint density at radius 1 is 1.19 bits per heavy atom. The van der Waals surface area contributed by atoms with Gasteiger partial charge in [0.05, 0.1) is 6.54 Å². The van der Waals surface area contributed by atoms with E-state index in [4.69, 9.17) is 0 Å². The van der Waals surface area contributed by atoms with E-state index in [-0.39, 0.29) is 0 Å². The Labute approximate surface area is 99.3 Å². The van der Waals surface area contributed by atoms with Gasteiger partial charge < -0.3 is 5.32 Å². The fourth-order valence-corrected chi connectivity index (χ4v) is 1.70. The van der Waals surface area contributed by atoms with E-state index in [1.54, 1.807) is 0 Å². The smallest absolute Gasteiger partial charge is 0.0582 e. The minimum Gasteiger partial charge on any atom is -0.303 e. The molecule has 0 amide bonds. The zero-order valence-corrected chi connectivity index (χ0v) is 10.5. The molecule has 1 aromatic carbocycles. The van der Waals surface area contributed by atoms with Gasteiger partial charge in [0.1, 0.15) is 0 Å². The first kappa shape index (κ1) is 12.8. The van der Waals surface area contributed by atoms with E-state index in [2.05, 4.69) is 37.9 Å². The van der Waals surface area contributed by atoms with Gasteiger partial charge in [-0.1, -0.05) is 50.8 Å². The van der Waals surface area contributed by atoms with Gasteiger partial charge in [0.25, 0.3) is 0 Å². The van der Waals surface area contributed by atoms with Gasteiger partial charge in [-0.15, -0.1) is 0 Å². The largest absolute Gasteiger partial charge is 0.303 e. The van der Waals surface area contributed by atoms with Crippen LogP contribution in [0.3, 0.4) is 0 Å². The molecule has 1 atom stereocenters. The second-order valence-electron chi connectivity index (χ2n) is 4.31. The Kier molecular flexibility index (Phi) is 5.67. The Bertz CT molecular complexity index is 343. The Balaban J connectivity index is 2.38. The van der Waals surface area contributed by atoms with Gasteiger partial charge in [-0.05, 0) is 24.5 Å². The van der Waals surface area contributed by atoms with E-state index in [9.17, 15) is 0 Å². The van der Waals surface area contributed by atoms with Crippen molar-refractivity contribution in [2.45, 2.75) is 33.2 Å². The van der Waals surface area contributed by atoms with Gasteiger partial charge >= 0.3 is 0 Å². The topological polar surface area (TPSA) is 12.0 Å². The van der Waals surface area contributed by atoms with Crippen molar-refractivity contribution < 1.29 is 0 Å². The molecule has 1 N–H and O–H groups in total. The summed E-state index contributed by atoms with van der Waals surface area (Å²) in [5.41, 5.74) is 1.09. The summed E-state index contributed by atoms with van der Waals surface area (Å²) >= 11 is 0. The van der Waals surface area contributed by atoms with E-state index in [1.165, 1.54) is 0 Å². The first-order valence-electron chi connectivity index (χ1n) is 6.01. The lowest BCUT2D eigenvalue weighted by atomic mass is 10.0. The summed E-state index contributed by atoms with van der Waals surface area (Å²) in [6.07, 6.45) is 1.16. The maximum atomic E-state index is 3.47. The van der Waals surface area contributed by atoms with Crippen molar-refractivity contribution in [2.75, 3.05) is 6.54 Å². The molecule has 0 spiro atoms. The summed E-state index contributed by atoms with van der Waals surface area (Å²) in [7, 11) is 0. The van der Waals surface area contributed by atoms with E-state index in [0.29, 0.717) is 12.0 Å². The summed E-state index contributed by atoms with van der Waals surface area (Å²) in [4.78, 5) is 0. The number of rotatable bonds is 4. The molecule has 1 unspecified atom stereocenters. The summed E-state index contributed by atoms with van der Waals surface area (Å²) in [6.45, 7) is 7.46. The number of nitrogens with one attached hydrogen (secondary N) is 1. The summed E-state index contributed by atoms with van der Waals surface area (Å²) in [5.74, 6) is 6.98. The summed E-state index contributed by atoms with van der Waals surface area (Å²) in [6, 6.07) is 10.7. The molecule has 0 bridgehead atoms. The molecule has 1 nitrogen and oxygen atoms in total. The Morgan fingerprint density at radius 2 is 1.88 bits per heavy atom. The third-order valence-electron chi connectivity index (χ3n) is 2.70. The molecule has 1 heteroatoms. The van der Waals surface area contributed by atoms with Gasteiger partial charge in [-0.3, -0.25) is 0 Å². The van der Waals surface area contributed by atoms with Crippen molar-refractivity contribution in [3.63, 3.8) is 0 Å². The highest BCUT2D eigenvalue weighted by Gasteiger charge is 2.07. The number of benzene rings is 1. The molecule has 0 saturated heterocycles. The zero-order valence-electron chi connectivity index (χ0n) is 10.5. The van der Waals surface area contributed by atoms with Crippen LogP contribution in [-0.2, 0) is 0 Å². The monoisotopic (exact) mass is 215 g/mol. The maximum Gasteiger partial charge on any atom is 0.0582 e. The molecule has 86 valence electrons. The van der Waals surface area contributed by atoms with E-state index >= 15 is 0 Å². The van der Waals surface area contributed by atoms with E-state index < -0.39 is 0 Å². The summed E-state index contributed by atoms with van der Waals surface area (Å²) in [5, 5.41) is 3.47. The van der Waals surface area contributed by atoms with Crippen molar-refractivity contribution in [3.05, 3.63) is 35.9 Å². The molecule has 0 aliphatic carbocycles. The lowest BCUT2D eigenvalue weighted by Crippen LogP contribution is -2.33. The van der Waals surface area contributed by atoms with Gasteiger partial charge in [-0.25, -0.2) is 0 Å². The number of hydrogen-bond acceptors (Lipinski definition) is 1. The molecule has 16 heavy (non-hydrogen) atoms. The molecule has 0 aliphatic rings. The average Bonchev–Trinajstić information content (AvgIpc) is 2.30. The Hall–Kier alpha value is -1.26. The molecular formula is C15H21N. The first-order chi connectivity index (χ1) is 7.74. The van der Waals surface area contributed by atoms with Crippen LogP contribution in [0.4, 0.5) is 0 Å². The minimum absolute atomic E-state index is 0.574. The van der Waals surface area contributed by atoms with Gasteiger partial charge in [0.2, 0.25) is 0 Å². The van der Waals surface area contributed by atoms with Crippen LogP contribution in [0.25, 0.3) is 0 Å². The SMILES string of the molecule is CCC(NCC#Cc1ccccc1)C(C)C. The molecule has 0 fully saturated rings. The van der Waals surface area contributed by atoms with Crippen molar-refractivity contribution in [2.24, 2.45) is 5.92 Å². The highest BCUT2D eigenvalue weighted by atomic mass is 14.9. The third-order valence-corrected chi connectivity index (χ3v) is 2.70. The van der Waals surface area contributed by atoms with Crippen LogP contribution in [0.5, 0.6) is 0 Å². The van der Waals surface area contributed by atoms with Gasteiger partial charge in [0, 0.05) is 11.6 Å². The highest BCUT2D eigenvalue weighted by Crippen LogP contribution is 2.04. The molecular weight excluding hydrogens is 194 g/mol. The van der Waals surface area contributed by atoms with Crippen molar-refractivity contribution in [1.29, 1.82) is 0 Å². The predicted octanol–water partition coefficient (Wildman–Crippen LogP) is 3.06. The zero-order chi connectivity index (χ0) is 11.8. The van der Waals surface area contributed by atoms with Crippen LogP contribution in [0.15, 0.2) is 30.3 Å². The normalized spacial score (nSPS) is 12.0. The van der Waals surface area contributed by atoms with Crippen LogP contribution in [0.1, 0.15) is 32.8 Å². The summed E-state index contributed by atoms with van der Waals surface area (Å²) < 4.78 is 0. The standard InChI is InChI=1S/C15H21N/c1-4-15(13(2)3)16-12-8-11-14-9-6-5-7-10-14/h5-7,9-10,13,15-16H,4,12H2,1-3H3. The quantitative estimate of drug-likeness (QED) is 0.761. The van der Waals surface area contributed by atoms with Crippen LogP contribution in [0, 0.1) is 17.8 Å². The minimum atomic E-state index is 0.574. The van der Waals surface area contributed by atoms with Crippen LogP contribution in [-0.4, -0.2) is 12.6 Å². The highest BCUT2D eigenvalue weighted by molar-refractivity contribution is 5.33. The van der Waals surface area contributed by atoms with Crippen LogP contribution >= 0.6 is 0 Å². The van der Waals surface area contributed by atoms with Gasteiger partial charge in [0.15, 0.2) is 0 Å². The lowest BCUT2D eigenvalue weighted by Gasteiger charge is -2.18. The van der Waals surface area contributed by atoms with Crippen molar-refractivity contribution in [1.82, 2.24) is 5.32 Å². The lowest BCUT2D eigenvalue weighted by molar-refractivity contribution is 0.406. The van der Waals surface area contributed by atoms with Crippen LogP contribution < -0.4 is 5.32 Å². The maximum absolute atomic E-state index is 3.47. The molecule has 0 radical (unpaired) electrons. The molecule has 1 rings (SSSR count). The van der Waals surface area contributed by atoms with Crippen molar-refractivity contribution >= 4 is 0 Å². The van der Waals surface area contributed by atoms with Crippen LogP contribution in [0.2, 0.25) is 0 Å². The average molecular weight is 215 g/mol. The second kappa shape index (κ2) is 7.09. The third kappa shape index (κ3) is 4.51. The van der Waals surface area contributed by atoms with Gasteiger partial charge in [-0.2, -0.15) is 0 Å². The number of hydrogen-bond donors (Lipinski definition) is 1. The Morgan fingerprint density at radius 3 is 2.44 bits per heavy atom. The molecule has 0 heterocycles. The van der Waals surface area contributed by atoms with E-state index in [0.717, 1.165) is 18.5 Å². The fraction of sp³-hybridized carbons (Fsp3) is 0.467. The van der Waals surface area contributed by atoms with Crippen molar-refractivity contribution in [3.8, 4) is 11.8 Å². The molecule has 0 saturated carbocycles. The molecule has 0 aromatic heterocycles. The van der Waals surface area contributed by atoms with E-state index in [1.807, 2.05) is 30.3 Å². The predicted molar refractivity (Wildman–Crippen MR) is 70.2 cm³/mol. The molecule has 1 aromatic rings. The second-order valence-corrected chi connectivity index (χ2v) is 4.31.